The van der Waals surface area contributed by atoms with Crippen molar-refractivity contribution >= 4 is 5.91 Å². The van der Waals surface area contributed by atoms with Gasteiger partial charge in [0.25, 0.3) is 0 Å². The zero-order valence-corrected chi connectivity index (χ0v) is 16.2. The summed E-state index contributed by atoms with van der Waals surface area (Å²) in [4.78, 5) is 17.3. The maximum absolute atomic E-state index is 12.9. The van der Waals surface area contributed by atoms with E-state index in [1.165, 1.54) is 11.1 Å². The van der Waals surface area contributed by atoms with Crippen molar-refractivity contribution in [2.24, 2.45) is 5.92 Å². The fourth-order valence-electron chi connectivity index (χ4n) is 4.88. The molecule has 4 heteroatoms. The third kappa shape index (κ3) is 3.17. The van der Waals surface area contributed by atoms with Gasteiger partial charge in [-0.15, -0.1) is 0 Å². The number of phenols is 1. The molecule has 1 aromatic rings. The summed E-state index contributed by atoms with van der Waals surface area (Å²) in [5.74, 6) is 1.11. The second-order valence-electron chi connectivity index (χ2n) is 8.64. The number of phenolic OH excluding ortho intramolecular Hbond substituents is 1. The minimum atomic E-state index is -0.105. The van der Waals surface area contributed by atoms with Gasteiger partial charge in [0.05, 0.1) is 6.04 Å². The van der Waals surface area contributed by atoms with Crippen LogP contribution < -0.4 is 0 Å². The van der Waals surface area contributed by atoms with E-state index in [0.717, 1.165) is 25.8 Å². The average molecular weight is 344 g/mol. The standard InChI is InChI=1S/C21H32N2O2/c1-14(2)6-9-19(25)23(5)20-18-12-15-7-8-16(24)13-17(15)21(20,3)10-11-22(18)4/h7-8,13-14,18,20,24H,6,9-12H2,1-5H3/t18-,20+,21+/m1/s1. The number of hydrogen-bond donors (Lipinski definition) is 1. The molecule has 1 fully saturated rings. The molecule has 0 saturated carbocycles. The number of likely N-dealkylation sites (tertiary alicyclic amines) is 1. The van der Waals surface area contributed by atoms with E-state index < -0.39 is 0 Å². The van der Waals surface area contributed by atoms with Gasteiger partial charge in [0.15, 0.2) is 0 Å². The monoisotopic (exact) mass is 344 g/mol. The Hall–Kier alpha value is -1.55. The van der Waals surface area contributed by atoms with Crippen molar-refractivity contribution in [1.29, 1.82) is 0 Å². The van der Waals surface area contributed by atoms with E-state index in [2.05, 4.69) is 38.8 Å². The predicted molar refractivity (Wildman–Crippen MR) is 101 cm³/mol. The normalized spacial score (nSPS) is 28.7. The Morgan fingerprint density at radius 1 is 1.44 bits per heavy atom. The Morgan fingerprint density at radius 2 is 2.16 bits per heavy atom. The molecule has 0 radical (unpaired) electrons. The second kappa shape index (κ2) is 6.64. The molecule has 0 unspecified atom stereocenters. The van der Waals surface area contributed by atoms with Gasteiger partial charge in [-0.1, -0.05) is 26.8 Å². The maximum Gasteiger partial charge on any atom is 0.222 e. The van der Waals surface area contributed by atoms with Gasteiger partial charge in [-0.05, 0) is 62.0 Å². The molecule has 4 nitrogen and oxygen atoms in total. The van der Waals surface area contributed by atoms with Gasteiger partial charge >= 0.3 is 0 Å². The fourth-order valence-corrected chi connectivity index (χ4v) is 4.88. The van der Waals surface area contributed by atoms with Gasteiger partial charge in [0, 0.05) is 24.9 Å². The number of rotatable bonds is 4. The van der Waals surface area contributed by atoms with Crippen LogP contribution in [0.15, 0.2) is 18.2 Å². The van der Waals surface area contributed by atoms with E-state index in [1.807, 2.05) is 18.0 Å². The maximum atomic E-state index is 12.9. The first-order chi connectivity index (χ1) is 11.7. The molecule has 25 heavy (non-hydrogen) atoms. The van der Waals surface area contributed by atoms with E-state index in [0.29, 0.717) is 24.1 Å². The van der Waals surface area contributed by atoms with Crippen LogP contribution >= 0.6 is 0 Å². The second-order valence-corrected chi connectivity index (χ2v) is 8.64. The molecule has 1 amide bonds. The molecule has 1 aliphatic carbocycles. The lowest BCUT2D eigenvalue weighted by Crippen LogP contribution is -2.67. The fraction of sp³-hybridized carbons (Fsp3) is 0.667. The molecule has 3 atom stereocenters. The zero-order chi connectivity index (χ0) is 18.4. The molecule has 0 aromatic heterocycles. The first kappa shape index (κ1) is 18.2. The highest BCUT2D eigenvalue weighted by molar-refractivity contribution is 5.76. The number of carbonyl (C=O) groups excluding carboxylic acids is 1. The van der Waals surface area contributed by atoms with Crippen molar-refractivity contribution in [2.75, 3.05) is 20.6 Å². The van der Waals surface area contributed by atoms with Gasteiger partial charge in [-0.25, -0.2) is 0 Å². The number of benzene rings is 1. The van der Waals surface area contributed by atoms with Crippen LogP contribution in [0.2, 0.25) is 0 Å². The summed E-state index contributed by atoms with van der Waals surface area (Å²) in [6, 6.07) is 6.27. The van der Waals surface area contributed by atoms with Crippen LogP contribution in [0.1, 0.15) is 51.2 Å². The summed E-state index contributed by atoms with van der Waals surface area (Å²) in [6.07, 6.45) is 3.49. The van der Waals surface area contributed by atoms with Crippen LogP contribution in [0.5, 0.6) is 5.75 Å². The van der Waals surface area contributed by atoms with Crippen molar-refractivity contribution in [1.82, 2.24) is 9.80 Å². The van der Waals surface area contributed by atoms with Gasteiger partial charge in [-0.3, -0.25) is 4.79 Å². The lowest BCUT2D eigenvalue weighted by atomic mass is 9.61. The average Bonchev–Trinajstić information content (AvgIpc) is 2.56. The molecule has 0 spiro atoms. The number of aromatic hydroxyl groups is 1. The lowest BCUT2D eigenvalue weighted by molar-refractivity contribution is -0.137. The van der Waals surface area contributed by atoms with Crippen molar-refractivity contribution in [3.8, 4) is 5.75 Å². The number of nitrogens with zero attached hydrogens (tertiary/aromatic N) is 2. The predicted octanol–water partition coefficient (Wildman–Crippen LogP) is 3.17. The molecule has 138 valence electrons. The van der Waals surface area contributed by atoms with E-state index in [-0.39, 0.29) is 17.4 Å². The van der Waals surface area contributed by atoms with Gasteiger partial charge in [0.1, 0.15) is 5.75 Å². The summed E-state index contributed by atoms with van der Waals surface area (Å²) in [7, 11) is 4.15. The Balaban J connectivity index is 1.96. The molecule has 1 N–H and O–H groups in total. The van der Waals surface area contributed by atoms with Crippen molar-refractivity contribution in [3.05, 3.63) is 29.3 Å². The zero-order valence-electron chi connectivity index (χ0n) is 16.2. The highest BCUT2D eigenvalue weighted by Gasteiger charge is 2.52. The molecule has 1 saturated heterocycles. The third-order valence-electron chi connectivity index (χ3n) is 6.45. The molecule has 2 aliphatic rings. The van der Waals surface area contributed by atoms with Gasteiger partial charge in [0.2, 0.25) is 5.91 Å². The van der Waals surface area contributed by atoms with Gasteiger partial charge < -0.3 is 14.9 Å². The first-order valence-corrected chi connectivity index (χ1v) is 9.52. The summed E-state index contributed by atoms with van der Waals surface area (Å²) >= 11 is 0. The molecular weight excluding hydrogens is 312 g/mol. The van der Waals surface area contributed by atoms with E-state index in [4.69, 9.17) is 0 Å². The van der Waals surface area contributed by atoms with Crippen molar-refractivity contribution in [3.63, 3.8) is 0 Å². The first-order valence-electron chi connectivity index (χ1n) is 9.52. The van der Waals surface area contributed by atoms with Crippen LogP contribution in [-0.4, -0.2) is 53.5 Å². The Labute approximate surface area is 151 Å². The molecule has 1 aliphatic heterocycles. The number of hydrogen-bond acceptors (Lipinski definition) is 3. The molecule has 1 heterocycles. The molecule has 1 aromatic carbocycles. The number of carbonyl (C=O) groups is 1. The van der Waals surface area contributed by atoms with Crippen LogP contribution in [0.4, 0.5) is 0 Å². The highest BCUT2D eigenvalue weighted by Crippen LogP contribution is 2.47. The summed E-state index contributed by atoms with van der Waals surface area (Å²) < 4.78 is 0. The van der Waals surface area contributed by atoms with Crippen LogP contribution in [-0.2, 0) is 16.6 Å². The Kier molecular flexibility index (Phi) is 4.84. The van der Waals surface area contributed by atoms with E-state index in [1.54, 1.807) is 6.07 Å². The third-order valence-corrected chi connectivity index (χ3v) is 6.45. The number of amides is 1. The van der Waals surface area contributed by atoms with Crippen molar-refractivity contribution in [2.45, 2.75) is 64.0 Å². The lowest BCUT2D eigenvalue weighted by Gasteiger charge is -2.57. The van der Waals surface area contributed by atoms with Gasteiger partial charge in [-0.2, -0.15) is 0 Å². The smallest absolute Gasteiger partial charge is 0.222 e. The minimum Gasteiger partial charge on any atom is -0.508 e. The Morgan fingerprint density at radius 3 is 2.84 bits per heavy atom. The molecule has 2 bridgehead atoms. The quantitative estimate of drug-likeness (QED) is 0.912. The largest absolute Gasteiger partial charge is 0.508 e. The van der Waals surface area contributed by atoms with Crippen LogP contribution in [0.3, 0.4) is 0 Å². The summed E-state index contributed by atoms with van der Waals surface area (Å²) in [5, 5.41) is 10.0. The number of likely N-dealkylation sites (N-methyl/N-ethyl adjacent to an activating group) is 2. The topological polar surface area (TPSA) is 43.8 Å². The number of fused-ring (bicyclic) bond motifs is 4. The minimum absolute atomic E-state index is 0.105. The molecule has 3 rings (SSSR count). The summed E-state index contributed by atoms with van der Waals surface area (Å²) in [5.41, 5.74) is 2.44. The van der Waals surface area contributed by atoms with Crippen molar-refractivity contribution < 1.29 is 9.90 Å². The Bertz CT molecular complexity index is 657. The van der Waals surface area contributed by atoms with Crippen LogP contribution in [0, 0.1) is 5.92 Å². The van der Waals surface area contributed by atoms with Crippen LogP contribution in [0.25, 0.3) is 0 Å². The number of piperidine rings is 1. The summed E-state index contributed by atoms with van der Waals surface area (Å²) in [6.45, 7) is 7.63. The van der Waals surface area contributed by atoms with E-state index >= 15 is 0 Å². The highest BCUT2D eigenvalue weighted by atomic mass is 16.3. The molecular formula is C21H32N2O2. The SMILES string of the molecule is CC(C)CCC(=O)N(C)[C@H]1[C@H]2Cc3ccc(O)cc3[C@]1(C)CCN2C. The van der Waals surface area contributed by atoms with E-state index in [9.17, 15) is 9.90 Å².